The topological polar surface area (TPSA) is 125 Å². The number of benzene rings is 1. The van der Waals surface area contributed by atoms with Crippen LogP contribution in [0, 0.1) is 12.8 Å². The molecule has 1 unspecified atom stereocenters. The molecule has 1 aliphatic rings. The fraction of sp³-hybridized carbons (Fsp3) is 0.444. The van der Waals surface area contributed by atoms with Crippen LogP contribution in [0.4, 0.5) is 10.5 Å². The molecule has 10 nitrogen and oxygen atoms in total. The van der Waals surface area contributed by atoms with Gasteiger partial charge in [-0.15, -0.1) is 12.4 Å². The van der Waals surface area contributed by atoms with E-state index in [1.54, 1.807) is 13.2 Å². The fourth-order valence-corrected chi connectivity index (χ4v) is 4.48. The molecule has 0 saturated carbocycles. The highest BCUT2D eigenvalue weighted by Gasteiger charge is 2.27. The van der Waals surface area contributed by atoms with Crippen LogP contribution < -0.4 is 10.2 Å². The van der Waals surface area contributed by atoms with Crippen molar-refractivity contribution in [3.8, 4) is 11.1 Å². The summed E-state index contributed by atoms with van der Waals surface area (Å²) >= 11 is 0. The number of anilines is 1. The minimum atomic E-state index is -0.903. The molecule has 2 N–H and O–H groups in total. The number of carbonyl (C=O) groups is 2. The van der Waals surface area contributed by atoms with E-state index >= 15 is 0 Å². The normalized spacial score (nSPS) is 15.2. The van der Waals surface area contributed by atoms with E-state index in [0.29, 0.717) is 19.0 Å². The zero-order valence-corrected chi connectivity index (χ0v) is 23.2. The lowest BCUT2D eigenvalue weighted by molar-refractivity contribution is 0.0937. The summed E-state index contributed by atoms with van der Waals surface area (Å²) in [5.74, 6) is 0.348. The molecule has 1 aliphatic heterocycles. The zero-order valence-electron chi connectivity index (χ0n) is 22.4. The Labute approximate surface area is 228 Å². The largest absolute Gasteiger partial charge is 0.465 e. The number of aromatic nitrogens is 3. The van der Waals surface area contributed by atoms with E-state index in [1.165, 1.54) is 4.90 Å². The van der Waals surface area contributed by atoms with Crippen molar-refractivity contribution in [3.05, 3.63) is 59.5 Å². The highest BCUT2D eigenvalue weighted by atomic mass is 35.5. The second-order valence-corrected chi connectivity index (χ2v) is 10.7. The number of amides is 2. The van der Waals surface area contributed by atoms with Crippen LogP contribution in [0.1, 0.15) is 54.8 Å². The molecule has 1 atom stereocenters. The lowest BCUT2D eigenvalue weighted by Gasteiger charge is -2.23. The smallest absolute Gasteiger partial charge is 0.407 e. The summed E-state index contributed by atoms with van der Waals surface area (Å²) in [5.41, 5.74) is 4.88. The number of nitrogens with zero attached hydrogens (tertiary/aromatic N) is 5. The number of hydrogen-bond acceptors (Lipinski definition) is 7. The van der Waals surface area contributed by atoms with E-state index in [2.05, 4.69) is 31.4 Å². The van der Waals surface area contributed by atoms with Crippen molar-refractivity contribution < 1.29 is 19.2 Å². The molecule has 2 aromatic heterocycles. The molecule has 204 valence electrons. The first-order valence-corrected chi connectivity index (χ1v) is 12.4. The van der Waals surface area contributed by atoms with Crippen LogP contribution in [0.3, 0.4) is 0 Å². The standard InChI is InChI=1S/C27H34N6O4.ClH/c1-17-12-19(6-7-20(17)13-29-24(34)23-30-25(37-31-23)27(2,3)4)21-8-10-28-14-22(21)33-11-9-18(16-33)15-32(5)26(35)36;/h6-8,10,12,14,18H,9,11,13,15-16H2,1-5H3,(H,29,34)(H,35,36);1H. The highest BCUT2D eigenvalue weighted by molar-refractivity contribution is 5.90. The Kier molecular flexibility index (Phi) is 8.98. The van der Waals surface area contributed by atoms with Crippen LogP contribution in [0.15, 0.2) is 41.2 Å². The van der Waals surface area contributed by atoms with E-state index in [4.69, 9.17) is 4.52 Å². The first-order chi connectivity index (χ1) is 17.5. The Balaban J connectivity index is 0.00000400. The number of carbonyl (C=O) groups excluding carboxylic acids is 1. The fourth-order valence-electron chi connectivity index (χ4n) is 4.48. The lowest BCUT2D eigenvalue weighted by atomic mass is 9.97. The third-order valence-corrected chi connectivity index (χ3v) is 6.65. The van der Waals surface area contributed by atoms with Gasteiger partial charge in [-0.1, -0.05) is 44.1 Å². The van der Waals surface area contributed by atoms with E-state index in [1.807, 2.05) is 52.1 Å². The van der Waals surface area contributed by atoms with E-state index in [0.717, 1.165) is 47.5 Å². The van der Waals surface area contributed by atoms with Crippen LogP contribution >= 0.6 is 12.4 Å². The molecule has 2 amide bonds. The maximum Gasteiger partial charge on any atom is 0.407 e. The van der Waals surface area contributed by atoms with Gasteiger partial charge in [0.25, 0.3) is 11.7 Å². The van der Waals surface area contributed by atoms with Gasteiger partial charge >= 0.3 is 6.09 Å². The van der Waals surface area contributed by atoms with E-state index in [-0.39, 0.29) is 35.5 Å². The Hall–Kier alpha value is -3.66. The van der Waals surface area contributed by atoms with Crippen molar-refractivity contribution in [1.82, 2.24) is 25.3 Å². The predicted octanol–water partition coefficient (Wildman–Crippen LogP) is 4.53. The van der Waals surface area contributed by atoms with Gasteiger partial charge in [0.05, 0.1) is 11.9 Å². The van der Waals surface area contributed by atoms with Gasteiger partial charge in [0, 0.05) is 50.4 Å². The van der Waals surface area contributed by atoms with Crippen LogP contribution in [0.2, 0.25) is 0 Å². The molecule has 0 bridgehead atoms. The van der Waals surface area contributed by atoms with Crippen LogP contribution in [-0.2, 0) is 12.0 Å². The van der Waals surface area contributed by atoms with Gasteiger partial charge in [0.1, 0.15) is 0 Å². The summed E-state index contributed by atoms with van der Waals surface area (Å²) in [7, 11) is 1.61. The Morgan fingerprint density at radius 1 is 1.26 bits per heavy atom. The number of rotatable bonds is 7. The summed E-state index contributed by atoms with van der Waals surface area (Å²) in [5, 5.41) is 15.9. The van der Waals surface area contributed by atoms with Crippen LogP contribution in [0.5, 0.6) is 0 Å². The van der Waals surface area contributed by atoms with E-state index < -0.39 is 6.09 Å². The zero-order chi connectivity index (χ0) is 26.7. The van der Waals surface area contributed by atoms with Gasteiger partial charge in [-0.25, -0.2) is 4.79 Å². The number of carboxylic acid groups (broad SMARTS) is 1. The van der Waals surface area contributed by atoms with Gasteiger partial charge in [0.15, 0.2) is 0 Å². The monoisotopic (exact) mass is 542 g/mol. The summed E-state index contributed by atoms with van der Waals surface area (Å²) in [6.07, 6.45) is 3.68. The molecule has 4 rings (SSSR count). The quantitative estimate of drug-likeness (QED) is 0.446. The molecular formula is C27H35ClN6O4. The third kappa shape index (κ3) is 6.61. The molecule has 0 aliphatic carbocycles. The molecule has 0 radical (unpaired) electrons. The molecule has 3 heterocycles. The van der Waals surface area contributed by atoms with Crippen LogP contribution in [-0.4, -0.2) is 63.8 Å². The predicted molar refractivity (Wildman–Crippen MR) is 147 cm³/mol. The Morgan fingerprint density at radius 2 is 2.03 bits per heavy atom. The second kappa shape index (κ2) is 11.8. The van der Waals surface area contributed by atoms with Crippen molar-refractivity contribution in [1.29, 1.82) is 0 Å². The minimum absolute atomic E-state index is 0. The molecular weight excluding hydrogens is 508 g/mol. The van der Waals surface area contributed by atoms with Gasteiger partial charge in [-0.05, 0) is 42.0 Å². The van der Waals surface area contributed by atoms with Crippen LogP contribution in [0.25, 0.3) is 11.1 Å². The molecule has 11 heteroatoms. The summed E-state index contributed by atoms with van der Waals surface area (Å²) in [4.78, 5) is 35.9. The lowest BCUT2D eigenvalue weighted by Crippen LogP contribution is -2.32. The summed E-state index contributed by atoms with van der Waals surface area (Å²) < 4.78 is 5.22. The molecule has 0 spiro atoms. The number of aryl methyl sites for hydroxylation is 1. The summed E-state index contributed by atoms with van der Waals surface area (Å²) in [6, 6.07) is 8.18. The van der Waals surface area contributed by atoms with Crippen molar-refractivity contribution in [2.24, 2.45) is 5.92 Å². The molecule has 1 saturated heterocycles. The Morgan fingerprint density at radius 3 is 2.68 bits per heavy atom. The molecule has 3 aromatic rings. The minimum Gasteiger partial charge on any atom is -0.465 e. The van der Waals surface area contributed by atoms with Crippen molar-refractivity contribution >= 4 is 30.1 Å². The summed E-state index contributed by atoms with van der Waals surface area (Å²) in [6.45, 7) is 10.4. The average molecular weight is 543 g/mol. The van der Waals surface area contributed by atoms with Crippen molar-refractivity contribution in [2.75, 3.05) is 31.6 Å². The third-order valence-electron chi connectivity index (χ3n) is 6.65. The maximum atomic E-state index is 12.5. The molecule has 1 aromatic carbocycles. The molecule has 38 heavy (non-hydrogen) atoms. The second-order valence-electron chi connectivity index (χ2n) is 10.7. The van der Waals surface area contributed by atoms with Gasteiger partial charge in [-0.3, -0.25) is 9.78 Å². The van der Waals surface area contributed by atoms with Gasteiger partial charge < -0.3 is 24.7 Å². The number of hydrogen-bond donors (Lipinski definition) is 2. The average Bonchev–Trinajstić information content (AvgIpc) is 3.53. The van der Waals surface area contributed by atoms with Crippen molar-refractivity contribution in [3.63, 3.8) is 0 Å². The number of pyridine rings is 1. The highest BCUT2D eigenvalue weighted by Crippen LogP contribution is 2.34. The first kappa shape index (κ1) is 28.9. The van der Waals surface area contributed by atoms with E-state index in [9.17, 15) is 14.7 Å². The number of halogens is 1. The molecule has 1 fully saturated rings. The van der Waals surface area contributed by atoms with Gasteiger partial charge in [-0.2, -0.15) is 4.98 Å². The SMILES string of the molecule is Cc1cc(-c2ccncc2N2CCC(CN(C)C(=O)O)C2)ccc1CNC(=O)c1noc(C(C)(C)C)n1.Cl. The van der Waals surface area contributed by atoms with Crippen molar-refractivity contribution in [2.45, 2.75) is 46.1 Å². The Bertz CT molecular complexity index is 1290. The first-order valence-electron chi connectivity index (χ1n) is 12.4. The maximum absolute atomic E-state index is 12.5. The number of nitrogens with one attached hydrogen (secondary N) is 1. The van der Waals surface area contributed by atoms with Gasteiger partial charge in [0.2, 0.25) is 5.89 Å².